The molecule has 0 fully saturated rings. The number of carbonyl (C=O) groups excluding carboxylic acids is 2. The monoisotopic (exact) mass is 356 g/mol. The first-order valence-electron chi connectivity index (χ1n) is 5.55. The Labute approximate surface area is 136 Å². The predicted octanol–water partition coefficient (Wildman–Crippen LogP) is 2.83. The van der Waals surface area contributed by atoms with Gasteiger partial charge in [0.2, 0.25) is 0 Å². The fourth-order valence-electron chi connectivity index (χ4n) is 1.46. The summed E-state index contributed by atoms with van der Waals surface area (Å²) in [6, 6.07) is 7.18. The Morgan fingerprint density at radius 3 is 1.90 bits per heavy atom. The Hall–Kier alpha value is -0.680. The van der Waals surface area contributed by atoms with Crippen LogP contribution in [0.5, 0.6) is 0 Å². The lowest BCUT2D eigenvalue weighted by atomic mass is 10.1. The van der Waals surface area contributed by atoms with Gasteiger partial charge in [-0.1, -0.05) is 76.2 Å². The average Bonchev–Trinajstić information content (AvgIpc) is 2.37. The van der Waals surface area contributed by atoms with Crippen LogP contribution >= 0.6 is 46.4 Å². The van der Waals surface area contributed by atoms with Gasteiger partial charge in [-0.15, -0.1) is 0 Å². The molecule has 20 heavy (non-hydrogen) atoms. The number of aryl methyl sites for hydroxylation is 1. The molecule has 0 saturated heterocycles. The molecule has 2 amide bonds. The molecule has 110 valence electrons. The Morgan fingerprint density at radius 2 is 1.50 bits per heavy atom. The van der Waals surface area contributed by atoms with Crippen LogP contribution in [-0.4, -0.2) is 21.5 Å². The highest BCUT2D eigenvalue weighted by molar-refractivity contribution is 6.54. The third kappa shape index (κ3) is 5.37. The maximum Gasteiger partial charge on any atom is 0.255 e. The number of hydrogen-bond donors (Lipinski definition) is 2. The average molecular weight is 358 g/mol. The normalized spacial score (nSPS) is 11.0. The van der Waals surface area contributed by atoms with Gasteiger partial charge in [-0.3, -0.25) is 9.59 Å². The third-order valence-electron chi connectivity index (χ3n) is 2.35. The molecule has 0 atom stereocenters. The van der Waals surface area contributed by atoms with Gasteiger partial charge in [-0.25, -0.2) is 0 Å². The van der Waals surface area contributed by atoms with Crippen molar-refractivity contribution in [1.29, 1.82) is 0 Å². The second-order valence-electron chi connectivity index (χ2n) is 3.97. The van der Waals surface area contributed by atoms with Gasteiger partial charge < -0.3 is 10.6 Å². The number of hydrogen-bond acceptors (Lipinski definition) is 2. The van der Waals surface area contributed by atoms with Crippen molar-refractivity contribution >= 4 is 58.2 Å². The molecule has 0 heterocycles. The number of nitrogens with one attached hydrogen (secondary N) is 2. The Kier molecular flexibility index (Phi) is 6.89. The lowest BCUT2D eigenvalue weighted by molar-refractivity contribution is -0.122. The molecule has 0 aliphatic heterocycles. The van der Waals surface area contributed by atoms with Crippen molar-refractivity contribution in [3.8, 4) is 0 Å². The van der Waals surface area contributed by atoms with E-state index in [1.165, 1.54) is 0 Å². The topological polar surface area (TPSA) is 58.2 Å². The van der Waals surface area contributed by atoms with E-state index in [0.717, 1.165) is 5.56 Å². The minimum absolute atomic E-state index is 0.638. The summed E-state index contributed by atoms with van der Waals surface area (Å²) in [7, 11) is 0. The van der Waals surface area contributed by atoms with Gasteiger partial charge in [0.1, 0.15) is 6.17 Å². The standard InChI is InChI=1S/C12H12Cl4N2O2/c1-6-3-2-4-7(5-6)10(17-11(19)8(13)14)18-12(20)9(15)16/h2-5,8-10H,1H3,(H,17,19)(H,18,20). The summed E-state index contributed by atoms with van der Waals surface area (Å²) in [5.74, 6) is -1.28. The van der Waals surface area contributed by atoms with E-state index in [1.54, 1.807) is 18.2 Å². The fraction of sp³-hybridized carbons (Fsp3) is 0.333. The van der Waals surface area contributed by atoms with Crippen LogP contribution in [0.1, 0.15) is 17.3 Å². The van der Waals surface area contributed by atoms with Crippen molar-refractivity contribution in [2.24, 2.45) is 0 Å². The quantitative estimate of drug-likeness (QED) is 0.628. The third-order valence-corrected chi connectivity index (χ3v) is 3.14. The van der Waals surface area contributed by atoms with Crippen LogP contribution in [0.15, 0.2) is 24.3 Å². The number of halogens is 4. The van der Waals surface area contributed by atoms with E-state index < -0.39 is 27.7 Å². The van der Waals surface area contributed by atoms with Gasteiger partial charge in [-0.2, -0.15) is 0 Å². The van der Waals surface area contributed by atoms with Crippen LogP contribution < -0.4 is 10.6 Å². The SMILES string of the molecule is Cc1cccc(C(NC(=O)C(Cl)Cl)NC(=O)C(Cl)Cl)c1. The summed E-state index contributed by atoms with van der Waals surface area (Å²) in [6.45, 7) is 1.88. The van der Waals surface area contributed by atoms with E-state index in [1.807, 2.05) is 13.0 Å². The number of amides is 2. The molecular weight excluding hydrogens is 346 g/mol. The molecule has 0 unspecified atom stereocenters. The molecule has 0 aliphatic carbocycles. The summed E-state index contributed by atoms with van der Waals surface area (Å²) in [5, 5.41) is 4.99. The van der Waals surface area contributed by atoms with Crippen LogP contribution in [0.3, 0.4) is 0 Å². The van der Waals surface area contributed by atoms with Crippen molar-refractivity contribution in [3.63, 3.8) is 0 Å². The van der Waals surface area contributed by atoms with Crippen LogP contribution in [0, 0.1) is 6.92 Å². The largest absolute Gasteiger partial charge is 0.330 e. The molecule has 0 saturated carbocycles. The first-order chi connectivity index (χ1) is 9.31. The summed E-state index contributed by atoms with van der Waals surface area (Å²) in [6.07, 6.45) is -0.824. The van der Waals surface area contributed by atoms with Crippen LogP contribution in [-0.2, 0) is 9.59 Å². The molecule has 0 radical (unpaired) electrons. The summed E-state index contributed by atoms with van der Waals surface area (Å²) in [5.41, 5.74) is 1.60. The molecule has 4 nitrogen and oxygen atoms in total. The first kappa shape index (κ1) is 17.4. The minimum atomic E-state index is -1.25. The number of rotatable bonds is 5. The fourth-order valence-corrected chi connectivity index (χ4v) is 1.71. The van der Waals surface area contributed by atoms with E-state index in [-0.39, 0.29) is 0 Å². The molecule has 1 aromatic carbocycles. The van der Waals surface area contributed by atoms with Gasteiger partial charge in [0.25, 0.3) is 11.8 Å². The molecule has 1 aromatic rings. The first-order valence-corrected chi connectivity index (χ1v) is 7.29. The van der Waals surface area contributed by atoms with E-state index in [0.29, 0.717) is 5.56 Å². The van der Waals surface area contributed by atoms with Crippen molar-refractivity contribution in [1.82, 2.24) is 10.6 Å². The Balaban J connectivity index is 2.95. The minimum Gasteiger partial charge on any atom is -0.330 e. The lowest BCUT2D eigenvalue weighted by Crippen LogP contribution is -2.44. The molecule has 0 aromatic heterocycles. The smallest absolute Gasteiger partial charge is 0.255 e. The van der Waals surface area contributed by atoms with Gasteiger partial charge in [-0.05, 0) is 12.5 Å². The van der Waals surface area contributed by atoms with E-state index >= 15 is 0 Å². The molecular formula is C12H12Cl4N2O2. The van der Waals surface area contributed by atoms with Crippen molar-refractivity contribution in [2.45, 2.75) is 22.8 Å². The van der Waals surface area contributed by atoms with Crippen LogP contribution in [0.25, 0.3) is 0 Å². The van der Waals surface area contributed by atoms with Gasteiger partial charge in [0, 0.05) is 0 Å². The molecule has 1 rings (SSSR count). The van der Waals surface area contributed by atoms with E-state index in [9.17, 15) is 9.59 Å². The second kappa shape index (κ2) is 7.93. The van der Waals surface area contributed by atoms with Gasteiger partial charge >= 0.3 is 0 Å². The number of alkyl halides is 4. The van der Waals surface area contributed by atoms with E-state index in [4.69, 9.17) is 46.4 Å². The molecule has 2 N–H and O–H groups in total. The molecule has 0 spiro atoms. The van der Waals surface area contributed by atoms with Crippen molar-refractivity contribution in [2.75, 3.05) is 0 Å². The zero-order valence-electron chi connectivity index (χ0n) is 10.4. The van der Waals surface area contributed by atoms with Crippen molar-refractivity contribution in [3.05, 3.63) is 35.4 Å². The predicted molar refractivity (Wildman–Crippen MR) is 81.2 cm³/mol. The molecule has 0 bridgehead atoms. The second-order valence-corrected chi connectivity index (χ2v) is 6.16. The zero-order chi connectivity index (χ0) is 15.3. The maximum atomic E-state index is 11.6. The summed E-state index contributed by atoms with van der Waals surface area (Å²) >= 11 is 21.9. The highest BCUT2D eigenvalue weighted by atomic mass is 35.5. The zero-order valence-corrected chi connectivity index (χ0v) is 13.4. The maximum absolute atomic E-state index is 11.6. The van der Waals surface area contributed by atoms with E-state index in [2.05, 4.69) is 10.6 Å². The summed E-state index contributed by atoms with van der Waals surface area (Å²) < 4.78 is 0. The van der Waals surface area contributed by atoms with Crippen LogP contribution in [0.4, 0.5) is 0 Å². The van der Waals surface area contributed by atoms with Gasteiger partial charge in [0.15, 0.2) is 9.67 Å². The Bertz CT molecular complexity index is 472. The van der Waals surface area contributed by atoms with Crippen molar-refractivity contribution < 1.29 is 9.59 Å². The van der Waals surface area contributed by atoms with Gasteiger partial charge in [0.05, 0.1) is 0 Å². The highest BCUT2D eigenvalue weighted by Gasteiger charge is 2.22. The summed E-state index contributed by atoms with van der Waals surface area (Å²) in [4.78, 5) is 20.6. The van der Waals surface area contributed by atoms with Crippen LogP contribution in [0.2, 0.25) is 0 Å². The number of benzene rings is 1. The highest BCUT2D eigenvalue weighted by Crippen LogP contribution is 2.15. The lowest BCUT2D eigenvalue weighted by Gasteiger charge is -2.21. The molecule has 8 heteroatoms. The number of carbonyl (C=O) groups is 2. The molecule has 0 aliphatic rings. The Morgan fingerprint density at radius 1 is 1.00 bits per heavy atom.